The summed E-state index contributed by atoms with van der Waals surface area (Å²) in [6.45, 7) is 13.2. The molecular weight excluding hydrogens is 386 g/mol. The molecule has 0 bridgehead atoms. The van der Waals surface area contributed by atoms with Crippen molar-refractivity contribution in [2.24, 2.45) is 0 Å². The van der Waals surface area contributed by atoms with Gasteiger partial charge in [0.1, 0.15) is 11.4 Å². The number of hydrogen-bond donors (Lipinski definition) is 0. The van der Waals surface area contributed by atoms with E-state index in [4.69, 9.17) is 9.72 Å². The zero-order valence-corrected chi connectivity index (χ0v) is 19.6. The minimum absolute atomic E-state index is 0.221. The molecule has 1 aromatic carbocycles. The number of aromatic nitrogens is 1. The van der Waals surface area contributed by atoms with E-state index in [1.54, 1.807) is 4.90 Å². The molecular formula is C26H35N3O2. The van der Waals surface area contributed by atoms with E-state index in [2.05, 4.69) is 55.1 Å². The van der Waals surface area contributed by atoms with Crippen LogP contribution < -0.4 is 4.90 Å². The standard InChI is InChI=1S/C26H35N3O2/c1-25(2,3)31-24(30)29-16-14-28(15-17-29)23-10-6-9-22(27-23)20-12-11-19-8-7-13-26(4,5)21(19)18-20/h6,9-12,18H,7-8,13-17H2,1-5H3. The van der Waals surface area contributed by atoms with Crippen molar-refractivity contribution in [2.75, 3.05) is 31.1 Å². The first-order valence-electron chi connectivity index (χ1n) is 11.5. The van der Waals surface area contributed by atoms with Gasteiger partial charge in [-0.1, -0.05) is 32.0 Å². The first-order chi connectivity index (χ1) is 14.6. The summed E-state index contributed by atoms with van der Waals surface area (Å²) in [6, 6.07) is 13.1. The number of carbonyl (C=O) groups is 1. The number of aryl methyl sites for hydroxylation is 1. The van der Waals surface area contributed by atoms with Gasteiger partial charge in [0.05, 0.1) is 5.69 Å². The Kier molecular flexibility index (Phi) is 5.71. The van der Waals surface area contributed by atoms with Gasteiger partial charge < -0.3 is 14.5 Å². The fourth-order valence-corrected chi connectivity index (χ4v) is 4.64. The van der Waals surface area contributed by atoms with E-state index in [1.807, 2.05) is 20.8 Å². The number of carbonyl (C=O) groups excluding carboxylic acids is 1. The fourth-order valence-electron chi connectivity index (χ4n) is 4.64. The number of pyridine rings is 1. The van der Waals surface area contributed by atoms with Gasteiger partial charge in [-0.25, -0.2) is 9.78 Å². The van der Waals surface area contributed by atoms with Crippen LogP contribution in [0.25, 0.3) is 11.3 Å². The molecule has 0 unspecified atom stereocenters. The van der Waals surface area contributed by atoms with Crippen LogP contribution in [0.15, 0.2) is 36.4 Å². The van der Waals surface area contributed by atoms with E-state index in [0.717, 1.165) is 24.6 Å². The highest BCUT2D eigenvalue weighted by Crippen LogP contribution is 2.38. The highest BCUT2D eigenvalue weighted by molar-refractivity contribution is 5.69. The van der Waals surface area contributed by atoms with Crippen LogP contribution in [0.5, 0.6) is 0 Å². The third-order valence-corrected chi connectivity index (χ3v) is 6.37. The minimum Gasteiger partial charge on any atom is -0.444 e. The lowest BCUT2D eigenvalue weighted by Gasteiger charge is -2.36. The molecule has 1 saturated heterocycles. The lowest BCUT2D eigenvalue weighted by Crippen LogP contribution is -2.50. The van der Waals surface area contributed by atoms with Crippen molar-refractivity contribution in [3.63, 3.8) is 0 Å². The van der Waals surface area contributed by atoms with Gasteiger partial charge in [0, 0.05) is 31.7 Å². The van der Waals surface area contributed by atoms with Crippen LogP contribution in [0.4, 0.5) is 10.6 Å². The molecule has 0 saturated carbocycles. The number of anilines is 1. The third kappa shape index (κ3) is 4.86. The number of ether oxygens (including phenoxy) is 1. The van der Waals surface area contributed by atoms with Crippen molar-refractivity contribution < 1.29 is 9.53 Å². The van der Waals surface area contributed by atoms with E-state index in [-0.39, 0.29) is 11.5 Å². The molecule has 1 aliphatic carbocycles. The minimum atomic E-state index is -0.465. The smallest absolute Gasteiger partial charge is 0.410 e. The second-order valence-corrected chi connectivity index (χ2v) is 10.4. The Morgan fingerprint density at radius 1 is 1.06 bits per heavy atom. The summed E-state index contributed by atoms with van der Waals surface area (Å²) < 4.78 is 5.51. The van der Waals surface area contributed by atoms with Crippen LogP contribution in [0.2, 0.25) is 0 Å². The lowest BCUT2D eigenvalue weighted by atomic mass is 9.72. The topological polar surface area (TPSA) is 45.7 Å². The van der Waals surface area contributed by atoms with Gasteiger partial charge in [0.25, 0.3) is 0 Å². The number of fused-ring (bicyclic) bond motifs is 1. The van der Waals surface area contributed by atoms with Crippen molar-refractivity contribution in [3.8, 4) is 11.3 Å². The molecule has 1 amide bonds. The summed E-state index contributed by atoms with van der Waals surface area (Å²) in [4.78, 5) is 21.4. The van der Waals surface area contributed by atoms with Crippen LogP contribution in [0.3, 0.4) is 0 Å². The predicted octanol–water partition coefficient (Wildman–Crippen LogP) is 5.42. The number of benzene rings is 1. The van der Waals surface area contributed by atoms with E-state index in [9.17, 15) is 4.79 Å². The second-order valence-electron chi connectivity index (χ2n) is 10.4. The molecule has 31 heavy (non-hydrogen) atoms. The van der Waals surface area contributed by atoms with E-state index < -0.39 is 5.60 Å². The van der Waals surface area contributed by atoms with Gasteiger partial charge in [-0.2, -0.15) is 0 Å². The van der Waals surface area contributed by atoms with E-state index in [0.29, 0.717) is 13.1 Å². The van der Waals surface area contributed by atoms with Gasteiger partial charge in [-0.15, -0.1) is 0 Å². The molecule has 5 heteroatoms. The van der Waals surface area contributed by atoms with Gasteiger partial charge in [-0.3, -0.25) is 0 Å². The summed E-state index contributed by atoms with van der Waals surface area (Å²) in [5.41, 5.74) is 4.90. The molecule has 166 valence electrons. The predicted molar refractivity (Wildman–Crippen MR) is 126 cm³/mol. The Labute approximate surface area is 186 Å². The van der Waals surface area contributed by atoms with Crippen molar-refractivity contribution in [1.29, 1.82) is 0 Å². The van der Waals surface area contributed by atoms with E-state index in [1.165, 1.54) is 36.0 Å². The molecule has 0 radical (unpaired) electrons. The van der Waals surface area contributed by atoms with Gasteiger partial charge in [0.15, 0.2) is 0 Å². The molecule has 0 atom stereocenters. The number of amides is 1. The van der Waals surface area contributed by atoms with Crippen molar-refractivity contribution in [3.05, 3.63) is 47.5 Å². The zero-order valence-electron chi connectivity index (χ0n) is 19.6. The molecule has 2 aliphatic rings. The number of rotatable bonds is 2. The van der Waals surface area contributed by atoms with Gasteiger partial charge in [-0.05, 0) is 74.8 Å². The quantitative estimate of drug-likeness (QED) is 0.650. The molecule has 1 aromatic heterocycles. The molecule has 5 nitrogen and oxygen atoms in total. The normalized spacial score (nSPS) is 18.5. The molecule has 4 rings (SSSR count). The van der Waals surface area contributed by atoms with Crippen LogP contribution in [0, 0.1) is 0 Å². The maximum atomic E-state index is 12.3. The molecule has 2 heterocycles. The molecule has 1 aliphatic heterocycles. The first-order valence-corrected chi connectivity index (χ1v) is 11.5. The van der Waals surface area contributed by atoms with E-state index >= 15 is 0 Å². The van der Waals surface area contributed by atoms with Gasteiger partial charge in [0.2, 0.25) is 0 Å². The Morgan fingerprint density at radius 2 is 1.81 bits per heavy atom. The Hall–Kier alpha value is -2.56. The average Bonchev–Trinajstić information content (AvgIpc) is 2.72. The maximum Gasteiger partial charge on any atom is 0.410 e. The summed E-state index contributed by atoms with van der Waals surface area (Å²) in [7, 11) is 0. The average molecular weight is 422 g/mol. The maximum absolute atomic E-state index is 12.3. The third-order valence-electron chi connectivity index (χ3n) is 6.37. The SMILES string of the molecule is CC(C)(C)OC(=O)N1CCN(c2cccc(-c3ccc4c(c3)C(C)(C)CCC4)n2)CC1. The highest BCUT2D eigenvalue weighted by Gasteiger charge is 2.28. The monoisotopic (exact) mass is 421 g/mol. The number of piperazine rings is 1. The zero-order chi connectivity index (χ0) is 22.2. The van der Waals surface area contributed by atoms with Gasteiger partial charge >= 0.3 is 6.09 Å². The van der Waals surface area contributed by atoms with Crippen LogP contribution >= 0.6 is 0 Å². The summed E-state index contributed by atoms with van der Waals surface area (Å²) in [5, 5.41) is 0. The summed E-state index contributed by atoms with van der Waals surface area (Å²) >= 11 is 0. The largest absolute Gasteiger partial charge is 0.444 e. The van der Waals surface area contributed by atoms with Crippen LogP contribution in [0.1, 0.15) is 58.6 Å². The summed E-state index contributed by atoms with van der Waals surface area (Å²) in [6.07, 6.45) is 3.45. The van der Waals surface area contributed by atoms with Crippen molar-refractivity contribution in [1.82, 2.24) is 9.88 Å². The first kappa shape index (κ1) is 21.7. The van der Waals surface area contributed by atoms with Crippen LogP contribution in [-0.2, 0) is 16.6 Å². The van der Waals surface area contributed by atoms with Crippen molar-refractivity contribution >= 4 is 11.9 Å². The Bertz CT molecular complexity index is 953. The Morgan fingerprint density at radius 3 is 2.52 bits per heavy atom. The lowest BCUT2D eigenvalue weighted by molar-refractivity contribution is 0.0240. The molecule has 0 N–H and O–H groups in total. The summed E-state index contributed by atoms with van der Waals surface area (Å²) in [5.74, 6) is 0.971. The molecule has 2 aromatic rings. The molecule has 1 fully saturated rings. The fraction of sp³-hybridized carbons (Fsp3) is 0.538. The number of nitrogens with zero attached hydrogens (tertiary/aromatic N) is 3. The number of hydrogen-bond acceptors (Lipinski definition) is 4. The second kappa shape index (κ2) is 8.18. The van der Waals surface area contributed by atoms with Crippen LogP contribution in [-0.4, -0.2) is 47.8 Å². The highest BCUT2D eigenvalue weighted by atomic mass is 16.6. The Balaban J connectivity index is 1.48. The van der Waals surface area contributed by atoms with Crippen molar-refractivity contribution in [2.45, 2.75) is 64.9 Å². The molecule has 0 spiro atoms.